The number of aryl methyl sites for hydroxylation is 2. The van der Waals surface area contributed by atoms with Gasteiger partial charge in [0.1, 0.15) is 17.0 Å². The van der Waals surface area contributed by atoms with Crippen LogP contribution in [0.4, 0.5) is 5.82 Å². The summed E-state index contributed by atoms with van der Waals surface area (Å²) in [6.07, 6.45) is 8.47. The lowest BCUT2D eigenvalue weighted by atomic mass is 9.95. The smallest absolute Gasteiger partial charge is 0.223 e. The number of carbonyl (C=O) groups excluding carboxylic acids is 1. The highest BCUT2D eigenvalue weighted by Gasteiger charge is 2.27. The van der Waals surface area contributed by atoms with E-state index in [9.17, 15) is 4.79 Å². The van der Waals surface area contributed by atoms with Crippen LogP contribution in [0.1, 0.15) is 23.3 Å². The molecule has 5 nitrogen and oxygen atoms in total. The Labute approximate surface area is 140 Å². The molecule has 1 fully saturated rings. The number of hydrogen-bond acceptors (Lipinski definition) is 5. The Balaban J connectivity index is 1.76. The average molecular weight is 328 g/mol. The molecule has 0 radical (unpaired) electrons. The number of anilines is 1. The molecule has 3 rings (SSSR count). The molecule has 3 heterocycles. The molecule has 1 N–H and O–H groups in total. The van der Waals surface area contributed by atoms with Gasteiger partial charge in [-0.25, -0.2) is 9.97 Å². The van der Waals surface area contributed by atoms with Crippen LogP contribution < -0.4 is 10.2 Å². The van der Waals surface area contributed by atoms with Crippen LogP contribution in [0.25, 0.3) is 10.2 Å². The molecule has 23 heavy (non-hydrogen) atoms. The fraction of sp³-hybridized carbons (Fsp3) is 0.471. The zero-order valence-electron chi connectivity index (χ0n) is 13.4. The number of hydrogen-bond donors (Lipinski definition) is 1. The topological polar surface area (TPSA) is 58.1 Å². The molecular weight excluding hydrogens is 308 g/mol. The van der Waals surface area contributed by atoms with Gasteiger partial charge in [0.2, 0.25) is 5.91 Å². The highest BCUT2D eigenvalue weighted by Crippen LogP contribution is 2.35. The van der Waals surface area contributed by atoms with Gasteiger partial charge in [0.05, 0.1) is 11.9 Å². The Hall–Kier alpha value is -2.13. The molecule has 120 valence electrons. The van der Waals surface area contributed by atoms with Crippen LogP contribution in [0.15, 0.2) is 6.33 Å². The van der Waals surface area contributed by atoms with Crippen molar-refractivity contribution in [2.24, 2.45) is 5.92 Å². The van der Waals surface area contributed by atoms with E-state index in [0.717, 1.165) is 42.0 Å². The summed E-state index contributed by atoms with van der Waals surface area (Å²) in [6, 6.07) is 0. The van der Waals surface area contributed by atoms with Crippen molar-refractivity contribution in [2.75, 3.05) is 24.5 Å². The van der Waals surface area contributed by atoms with Gasteiger partial charge in [0, 0.05) is 23.9 Å². The maximum atomic E-state index is 12.0. The summed E-state index contributed by atoms with van der Waals surface area (Å²) >= 11 is 1.71. The van der Waals surface area contributed by atoms with Gasteiger partial charge in [0.15, 0.2) is 0 Å². The van der Waals surface area contributed by atoms with E-state index in [4.69, 9.17) is 6.42 Å². The van der Waals surface area contributed by atoms with Gasteiger partial charge in [0.25, 0.3) is 0 Å². The van der Waals surface area contributed by atoms with Gasteiger partial charge in [-0.3, -0.25) is 4.79 Å². The second-order valence-corrected chi connectivity index (χ2v) is 7.05. The molecule has 0 aliphatic carbocycles. The SMILES string of the molecule is C#CCNC(=O)C1CCN(c2ncnc3sc(C)c(C)c23)CC1. The molecular formula is C17H20N4OS. The first-order valence-electron chi connectivity index (χ1n) is 7.78. The molecule has 2 aromatic heterocycles. The summed E-state index contributed by atoms with van der Waals surface area (Å²) in [5.74, 6) is 3.55. The Morgan fingerprint density at radius 2 is 2.17 bits per heavy atom. The van der Waals surface area contributed by atoms with E-state index in [2.05, 4.69) is 40.0 Å². The van der Waals surface area contributed by atoms with Crippen LogP contribution in [-0.4, -0.2) is 35.5 Å². The number of amides is 1. The van der Waals surface area contributed by atoms with E-state index >= 15 is 0 Å². The van der Waals surface area contributed by atoms with Gasteiger partial charge in [-0.15, -0.1) is 17.8 Å². The lowest BCUT2D eigenvalue weighted by molar-refractivity contribution is -0.125. The third-order valence-corrected chi connectivity index (χ3v) is 5.59. The highest BCUT2D eigenvalue weighted by molar-refractivity contribution is 7.18. The number of fused-ring (bicyclic) bond motifs is 1. The molecule has 0 aromatic carbocycles. The van der Waals surface area contributed by atoms with Crippen LogP contribution in [0.3, 0.4) is 0 Å². The molecule has 1 amide bonds. The second-order valence-electron chi connectivity index (χ2n) is 5.84. The number of thiophene rings is 1. The van der Waals surface area contributed by atoms with E-state index in [0.29, 0.717) is 6.54 Å². The minimum absolute atomic E-state index is 0.0437. The lowest BCUT2D eigenvalue weighted by Crippen LogP contribution is -2.41. The van der Waals surface area contributed by atoms with Gasteiger partial charge in [-0.1, -0.05) is 5.92 Å². The molecule has 0 atom stereocenters. The van der Waals surface area contributed by atoms with Crippen molar-refractivity contribution < 1.29 is 4.79 Å². The molecule has 0 spiro atoms. The maximum absolute atomic E-state index is 12.0. The zero-order chi connectivity index (χ0) is 16.4. The van der Waals surface area contributed by atoms with Gasteiger partial charge < -0.3 is 10.2 Å². The van der Waals surface area contributed by atoms with Crippen molar-refractivity contribution in [3.05, 3.63) is 16.8 Å². The highest BCUT2D eigenvalue weighted by atomic mass is 32.1. The van der Waals surface area contributed by atoms with Crippen LogP contribution in [-0.2, 0) is 4.79 Å². The molecule has 2 aromatic rings. The van der Waals surface area contributed by atoms with Crippen molar-refractivity contribution in [3.8, 4) is 12.3 Å². The monoisotopic (exact) mass is 328 g/mol. The number of carbonyl (C=O) groups is 1. The summed E-state index contributed by atoms with van der Waals surface area (Å²) < 4.78 is 0. The van der Waals surface area contributed by atoms with E-state index in [1.165, 1.54) is 10.4 Å². The quantitative estimate of drug-likeness (QED) is 0.878. The van der Waals surface area contributed by atoms with Crippen molar-refractivity contribution in [1.82, 2.24) is 15.3 Å². The summed E-state index contributed by atoms with van der Waals surface area (Å²) in [5, 5.41) is 3.94. The van der Waals surface area contributed by atoms with Crippen LogP contribution in [0.5, 0.6) is 0 Å². The first kappa shape index (κ1) is 15.8. The number of aromatic nitrogens is 2. The number of terminal acetylenes is 1. The summed E-state index contributed by atoms with van der Waals surface area (Å²) in [5.41, 5.74) is 1.26. The molecule has 0 bridgehead atoms. The third kappa shape index (κ3) is 3.02. The Bertz CT molecular complexity index is 769. The van der Waals surface area contributed by atoms with Crippen molar-refractivity contribution in [2.45, 2.75) is 26.7 Å². The molecule has 1 aliphatic rings. The summed E-state index contributed by atoms with van der Waals surface area (Å²) in [7, 11) is 0. The number of nitrogens with one attached hydrogen (secondary N) is 1. The number of piperidine rings is 1. The molecule has 0 unspecified atom stereocenters. The van der Waals surface area contributed by atoms with E-state index in [-0.39, 0.29) is 11.8 Å². The normalized spacial score (nSPS) is 15.6. The Morgan fingerprint density at radius 1 is 1.43 bits per heavy atom. The first-order valence-corrected chi connectivity index (χ1v) is 8.60. The zero-order valence-corrected chi connectivity index (χ0v) is 14.2. The van der Waals surface area contributed by atoms with Crippen molar-refractivity contribution in [1.29, 1.82) is 0 Å². The number of rotatable bonds is 3. The Morgan fingerprint density at radius 3 is 2.87 bits per heavy atom. The fourth-order valence-electron chi connectivity index (χ4n) is 3.04. The van der Waals surface area contributed by atoms with Crippen molar-refractivity contribution >= 4 is 33.3 Å². The lowest BCUT2D eigenvalue weighted by Gasteiger charge is -2.32. The third-order valence-electron chi connectivity index (χ3n) is 4.48. The number of nitrogens with zero attached hydrogens (tertiary/aromatic N) is 3. The Kier molecular flexibility index (Phi) is 4.49. The van der Waals surface area contributed by atoms with Crippen LogP contribution in [0.2, 0.25) is 0 Å². The second kappa shape index (κ2) is 6.55. The maximum Gasteiger partial charge on any atom is 0.223 e. The molecule has 0 saturated carbocycles. The molecule has 6 heteroatoms. The summed E-state index contributed by atoms with van der Waals surface area (Å²) in [6.45, 7) is 6.21. The predicted octanol–water partition coefficient (Wildman–Crippen LogP) is 2.27. The average Bonchev–Trinajstić information content (AvgIpc) is 2.87. The van der Waals surface area contributed by atoms with Crippen molar-refractivity contribution in [3.63, 3.8) is 0 Å². The first-order chi connectivity index (χ1) is 11.1. The largest absolute Gasteiger partial charge is 0.356 e. The van der Waals surface area contributed by atoms with Crippen LogP contribution in [0, 0.1) is 32.1 Å². The minimum atomic E-state index is 0.0437. The standard InChI is InChI=1S/C17H20N4OS/c1-4-7-18-16(22)13-5-8-21(9-6-13)15-14-11(2)12(3)23-17(14)20-10-19-15/h1,10,13H,5-9H2,2-3H3,(H,18,22). The van der Waals surface area contributed by atoms with Gasteiger partial charge in [-0.05, 0) is 32.3 Å². The molecule has 1 aliphatic heterocycles. The van der Waals surface area contributed by atoms with E-state index < -0.39 is 0 Å². The fourth-order valence-corrected chi connectivity index (χ4v) is 4.03. The summed E-state index contributed by atoms with van der Waals surface area (Å²) in [4.78, 5) is 25.5. The molecule has 1 saturated heterocycles. The van der Waals surface area contributed by atoms with E-state index in [1.807, 2.05) is 0 Å². The van der Waals surface area contributed by atoms with Crippen LogP contribution >= 0.6 is 11.3 Å². The minimum Gasteiger partial charge on any atom is -0.356 e. The van der Waals surface area contributed by atoms with E-state index in [1.54, 1.807) is 17.7 Å². The predicted molar refractivity (Wildman–Crippen MR) is 93.7 cm³/mol. The van der Waals surface area contributed by atoms with Gasteiger partial charge in [-0.2, -0.15) is 0 Å². The van der Waals surface area contributed by atoms with Gasteiger partial charge >= 0.3 is 0 Å².